The van der Waals surface area contributed by atoms with Crippen molar-refractivity contribution in [3.8, 4) is 17.2 Å². The molecule has 2 N–H and O–H groups in total. The molecule has 1 saturated heterocycles. The van der Waals surface area contributed by atoms with E-state index in [4.69, 9.17) is 28.4 Å². The molecule has 0 aromatic heterocycles. The number of hydrogen-bond donors (Lipinski definition) is 2. The lowest BCUT2D eigenvalue weighted by molar-refractivity contribution is -0.165. The molecule has 2 aliphatic rings. The number of piperidine rings is 1. The van der Waals surface area contributed by atoms with Gasteiger partial charge in [0.25, 0.3) is 11.8 Å². The Balaban J connectivity index is 1.20. The summed E-state index contributed by atoms with van der Waals surface area (Å²) in [6, 6.07) is 28.9. The van der Waals surface area contributed by atoms with Gasteiger partial charge in [-0.1, -0.05) is 97.1 Å². The summed E-state index contributed by atoms with van der Waals surface area (Å²) in [5, 5.41) is 7.60. The number of esters is 2. The number of aryl methyl sites for hydroxylation is 1. The molecule has 2 aliphatic heterocycles. The van der Waals surface area contributed by atoms with E-state index in [0.717, 1.165) is 32.9 Å². The maximum Gasteiger partial charge on any atom is 0.330 e. The molecule has 0 aliphatic carbocycles. The number of fused-ring (bicyclic) bond motifs is 4. The molecular weight excluding hydrogens is 1150 g/mol. The fourth-order valence-corrected chi connectivity index (χ4v) is 10.5. The number of ether oxygens (including phenoxy) is 6. The SMILES string of the molecule is COc1ccc(CC[C@H]2OC(=O)[C@@H]3CCCCN3C(=O)C(=O)C(C)(C)COC(=O)/C=C\CCN(C)C(=O)[C@H](Cc3ccc4ccccc4c3)NC(=O)[C@H](COC(C)(C)C)N(C)C(=O)C(c3ccccc3)NC(=O)CN(C)C(=O)COc3cccc2c3)cc1OC. The van der Waals surface area contributed by atoms with Crippen LogP contribution in [0.2, 0.25) is 0 Å². The Labute approximate surface area is 526 Å². The second-order valence-corrected chi connectivity index (χ2v) is 24.3. The summed E-state index contributed by atoms with van der Waals surface area (Å²) >= 11 is 0. The summed E-state index contributed by atoms with van der Waals surface area (Å²) in [6.45, 7) is 6.67. The van der Waals surface area contributed by atoms with Crippen LogP contribution in [0, 0.1) is 5.41 Å². The summed E-state index contributed by atoms with van der Waals surface area (Å²) in [5.74, 6) is -5.33. The largest absolute Gasteiger partial charge is 0.493 e. The van der Waals surface area contributed by atoms with Crippen molar-refractivity contribution in [2.45, 2.75) is 115 Å². The molecule has 2 heterocycles. The van der Waals surface area contributed by atoms with E-state index in [0.29, 0.717) is 41.9 Å². The minimum absolute atomic E-state index is 0.0431. The lowest BCUT2D eigenvalue weighted by atomic mass is 9.87. The molecule has 0 spiro atoms. The lowest BCUT2D eigenvalue weighted by Gasteiger charge is -2.36. The molecule has 1 fully saturated rings. The van der Waals surface area contributed by atoms with E-state index < -0.39 is 114 Å². The number of carbonyl (C=O) groups excluding carboxylic acids is 9. The topological polar surface area (TPSA) is 246 Å². The van der Waals surface area contributed by atoms with Gasteiger partial charge in [0.15, 0.2) is 18.1 Å². The van der Waals surface area contributed by atoms with Gasteiger partial charge in [0.2, 0.25) is 29.4 Å². The highest BCUT2D eigenvalue weighted by atomic mass is 16.5. The summed E-state index contributed by atoms with van der Waals surface area (Å²) in [7, 11) is 7.42. The van der Waals surface area contributed by atoms with Crippen molar-refractivity contribution in [3.63, 3.8) is 0 Å². The van der Waals surface area contributed by atoms with Gasteiger partial charge < -0.3 is 58.7 Å². The van der Waals surface area contributed by atoms with E-state index >= 15 is 0 Å². The number of carbonyl (C=O) groups is 9. The molecule has 5 aromatic rings. The molecule has 480 valence electrons. The second-order valence-electron chi connectivity index (χ2n) is 24.3. The standard InChI is InChI=1S/C69H84N6O15/c1-68(2,3)89-42-54-63(80)70-52(38-46-29-32-47-21-14-15-24-49(47)37-46)64(81)72(6)35-18-17-28-60(78)88-44-69(4,5)62(79)66(83)75-36-19-16-27-53(75)67(84)90-55(33-30-45-31-34-56(85-9)57(39-45)86-10)50-25-20-26-51(40-50)87-43-59(77)73(7)41-58(76)71-61(65(82)74(54)8)48-22-12-11-13-23-48/h11-15,17,20-26,28-29,31-32,34,37,39-40,52-55,61H,16,18-19,27,30,33,35-36,38,41-44H2,1-10H3,(H,70,80)(H,71,76)/b28-17-/t52-,53-,54-,55+,61?/m0/s1. The van der Waals surface area contributed by atoms with Gasteiger partial charge in [0.1, 0.15) is 42.6 Å². The number of cyclic esters (lactones) is 2. The number of rotatable bonds is 10. The third kappa shape index (κ3) is 18.7. The molecule has 6 amide bonds. The van der Waals surface area contributed by atoms with Gasteiger partial charge in [-0.2, -0.15) is 0 Å². The van der Waals surface area contributed by atoms with Gasteiger partial charge in [-0.05, 0) is 130 Å². The van der Waals surface area contributed by atoms with Gasteiger partial charge in [-0.3, -0.25) is 33.6 Å². The maximum atomic E-state index is 15.0. The Hall–Kier alpha value is -9.11. The zero-order chi connectivity index (χ0) is 65.3. The normalized spacial score (nSPS) is 21.7. The Kier molecular flexibility index (Phi) is 23.8. The van der Waals surface area contributed by atoms with Crippen LogP contribution in [0.15, 0.2) is 127 Å². The number of hydrogen-bond acceptors (Lipinski definition) is 15. The number of Topliss-reactive ketones (excluding diaryl/α,β-unsaturated/α-hetero) is 1. The highest BCUT2D eigenvalue weighted by molar-refractivity contribution is 6.38. The first-order valence-corrected chi connectivity index (χ1v) is 30.2. The first kappa shape index (κ1) is 68.4. The fourth-order valence-electron chi connectivity index (χ4n) is 10.5. The number of benzene rings is 5. The third-order valence-corrected chi connectivity index (χ3v) is 15.8. The first-order chi connectivity index (χ1) is 42.9. The zero-order valence-corrected chi connectivity index (χ0v) is 53.1. The highest BCUT2D eigenvalue weighted by Crippen LogP contribution is 2.33. The van der Waals surface area contributed by atoms with E-state index in [1.807, 2.05) is 54.6 Å². The van der Waals surface area contributed by atoms with E-state index in [9.17, 15) is 43.2 Å². The Bertz CT molecular complexity index is 3420. The second kappa shape index (κ2) is 31.4. The molecular formula is C69H84N6O15. The molecule has 90 heavy (non-hydrogen) atoms. The molecule has 21 heteroatoms. The number of amides is 6. The van der Waals surface area contributed by atoms with Crippen molar-refractivity contribution in [1.29, 1.82) is 0 Å². The monoisotopic (exact) mass is 1240 g/mol. The van der Waals surface area contributed by atoms with Gasteiger partial charge in [-0.15, -0.1) is 0 Å². The molecule has 0 radical (unpaired) electrons. The summed E-state index contributed by atoms with van der Waals surface area (Å²) in [4.78, 5) is 133. The van der Waals surface area contributed by atoms with E-state index in [-0.39, 0.29) is 51.1 Å². The van der Waals surface area contributed by atoms with Gasteiger partial charge in [0.05, 0.1) is 38.4 Å². The Morgan fingerprint density at radius 1 is 0.689 bits per heavy atom. The molecule has 7 rings (SSSR count). The van der Waals surface area contributed by atoms with Crippen LogP contribution in [-0.2, 0) is 70.2 Å². The number of likely N-dealkylation sites (N-methyl/N-ethyl adjacent to an activating group) is 3. The minimum atomic E-state index is -1.52. The minimum Gasteiger partial charge on any atom is -0.493 e. The van der Waals surface area contributed by atoms with Gasteiger partial charge in [0, 0.05) is 46.7 Å². The maximum absolute atomic E-state index is 15.0. The summed E-state index contributed by atoms with van der Waals surface area (Å²) in [5.41, 5.74) is 0.125. The zero-order valence-electron chi connectivity index (χ0n) is 53.1. The smallest absolute Gasteiger partial charge is 0.330 e. The number of methoxy groups -OCH3 is 2. The average molecular weight is 1240 g/mol. The van der Waals surface area contributed by atoms with E-state index in [1.54, 1.807) is 88.5 Å². The van der Waals surface area contributed by atoms with Crippen molar-refractivity contribution in [3.05, 3.63) is 150 Å². The first-order valence-electron chi connectivity index (χ1n) is 30.2. The van der Waals surface area contributed by atoms with Crippen LogP contribution >= 0.6 is 0 Å². The number of ketones is 1. The van der Waals surface area contributed by atoms with Crippen LogP contribution in [0.4, 0.5) is 0 Å². The van der Waals surface area contributed by atoms with Crippen LogP contribution < -0.4 is 24.8 Å². The molecule has 21 nitrogen and oxygen atoms in total. The predicted octanol–water partition coefficient (Wildman–Crippen LogP) is 7.08. The lowest BCUT2D eigenvalue weighted by Crippen LogP contribution is -2.58. The highest BCUT2D eigenvalue weighted by Gasteiger charge is 2.43. The van der Waals surface area contributed by atoms with Crippen LogP contribution in [0.1, 0.15) is 101 Å². The van der Waals surface area contributed by atoms with E-state index in [2.05, 4.69) is 10.6 Å². The van der Waals surface area contributed by atoms with Crippen molar-refractivity contribution < 1.29 is 71.6 Å². The van der Waals surface area contributed by atoms with Gasteiger partial charge in [-0.25, -0.2) is 9.59 Å². The van der Waals surface area contributed by atoms with E-state index in [1.165, 1.54) is 62.9 Å². The van der Waals surface area contributed by atoms with Crippen molar-refractivity contribution in [2.75, 3.05) is 74.8 Å². The molecule has 1 unspecified atom stereocenters. The van der Waals surface area contributed by atoms with Crippen LogP contribution in [0.3, 0.4) is 0 Å². The molecule has 5 atom stereocenters. The average Bonchev–Trinajstić information content (AvgIpc) is 1.21. The van der Waals surface area contributed by atoms with Crippen molar-refractivity contribution in [1.82, 2.24) is 30.2 Å². The predicted molar refractivity (Wildman–Crippen MR) is 336 cm³/mol. The van der Waals surface area contributed by atoms with Crippen LogP contribution in [-0.4, -0.2) is 171 Å². The van der Waals surface area contributed by atoms with Crippen LogP contribution in [0.5, 0.6) is 17.2 Å². The molecule has 0 saturated carbocycles. The fraction of sp³-hybridized carbons (Fsp3) is 0.435. The summed E-state index contributed by atoms with van der Waals surface area (Å²) in [6.07, 6.45) is 3.84. The van der Waals surface area contributed by atoms with Crippen molar-refractivity contribution >= 4 is 63.9 Å². The Morgan fingerprint density at radius 3 is 2.11 bits per heavy atom. The number of nitrogens with zero attached hydrogens (tertiary/aromatic N) is 4. The molecule has 2 bridgehead atoms. The number of nitrogens with one attached hydrogen (secondary N) is 2. The Morgan fingerprint density at radius 2 is 1.39 bits per heavy atom. The third-order valence-electron chi connectivity index (χ3n) is 15.8. The quantitative estimate of drug-likeness (QED) is 0.105. The molecule has 5 aromatic carbocycles. The van der Waals surface area contributed by atoms with Crippen molar-refractivity contribution in [2.24, 2.45) is 5.41 Å². The van der Waals surface area contributed by atoms with Crippen LogP contribution in [0.25, 0.3) is 10.8 Å². The van der Waals surface area contributed by atoms with Gasteiger partial charge >= 0.3 is 11.9 Å². The summed E-state index contributed by atoms with van der Waals surface area (Å²) < 4.78 is 35.0.